The number of amides is 2. The summed E-state index contributed by atoms with van der Waals surface area (Å²) in [4.78, 5) is 27.2. The highest BCUT2D eigenvalue weighted by molar-refractivity contribution is 5.78. The molecule has 0 radical (unpaired) electrons. The topological polar surface area (TPSA) is 52.7 Å². The summed E-state index contributed by atoms with van der Waals surface area (Å²) in [5, 5.41) is 2.96. The van der Waals surface area contributed by atoms with Crippen LogP contribution in [-0.4, -0.2) is 61.9 Å². The van der Waals surface area contributed by atoms with Gasteiger partial charge >= 0.3 is 0 Å². The van der Waals surface area contributed by atoms with Crippen molar-refractivity contribution < 1.29 is 9.59 Å². The fourth-order valence-electron chi connectivity index (χ4n) is 2.57. The second-order valence-corrected chi connectivity index (χ2v) is 6.27. The molecule has 0 fully saturated rings. The zero-order valence-corrected chi connectivity index (χ0v) is 14.4. The van der Waals surface area contributed by atoms with Gasteiger partial charge < -0.3 is 15.1 Å². The highest BCUT2D eigenvalue weighted by atomic mass is 16.2. The fraction of sp³-hybridized carbons (Fsp3) is 0.765. The molecule has 2 amide bonds. The summed E-state index contributed by atoms with van der Waals surface area (Å²) < 4.78 is 0. The van der Waals surface area contributed by atoms with Gasteiger partial charge in [0, 0.05) is 39.5 Å². The number of carbonyl (C=O) groups is 2. The number of nitrogens with one attached hydrogen (secondary N) is 1. The standard InChI is InChI=1S/C17H31N3O2/c1-15(21)20(14-13-19(2)3)12-10-17(22)18-11-9-16-7-5-4-6-8-16/h7H,4-6,8-14H2,1-3H3,(H,18,22). The van der Waals surface area contributed by atoms with Gasteiger partial charge in [0.15, 0.2) is 0 Å². The van der Waals surface area contributed by atoms with E-state index < -0.39 is 0 Å². The zero-order valence-electron chi connectivity index (χ0n) is 14.4. The van der Waals surface area contributed by atoms with Crippen LogP contribution in [0.25, 0.3) is 0 Å². The lowest BCUT2D eigenvalue weighted by atomic mass is 9.97. The van der Waals surface area contributed by atoms with Crippen molar-refractivity contribution in [3.8, 4) is 0 Å². The van der Waals surface area contributed by atoms with E-state index in [4.69, 9.17) is 0 Å². The molecule has 1 rings (SSSR count). The van der Waals surface area contributed by atoms with Crippen molar-refractivity contribution in [1.29, 1.82) is 0 Å². The van der Waals surface area contributed by atoms with Crippen molar-refractivity contribution in [2.75, 3.05) is 40.3 Å². The molecule has 0 aromatic carbocycles. The van der Waals surface area contributed by atoms with Crippen LogP contribution in [0.2, 0.25) is 0 Å². The Bertz CT molecular complexity index is 391. The van der Waals surface area contributed by atoms with E-state index in [1.54, 1.807) is 11.8 Å². The Morgan fingerprint density at radius 3 is 2.55 bits per heavy atom. The molecule has 0 saturated heterocycles. The number of hydrogen-bond acceptors (Lipinski definition) is 3. The van der Waals surface area contributed by atoms with Gasteiger partial charge in [0.05, 0.1) is 0 Å². The third-order valence-electron chi connectivity index (χ3n) is 4.02. The van der Waals surface area contributed by atoms with Gasteiger partial charge in [-0.15, -0.1) is 0 Å². The maximum Gasteiger partial charge on any atom is 0.221 e. The maximum absolute atomic E-state index is 11.9. The van der Waals surface area contributed by atoms with Gasteiger partial charge in [0.2, 0.25) is 11.8 Å². The summed E-state index contributed by atoms with van der Waals surface area (Å²) in [6.07, 6.45) is 8.59. The largest absolute Gasteiger partial charge is 0.356 e. The number of carbonyl (C=O) groups excluding carboxylic acids is 2. The van der Waals surface area contributed by atoms with Gasteiger partial charge in [0.1, 0.15) is 0 Å². The van der Waals surface area contributed by atoms with Crippen LogP contribution < -0.4 is 5.32 Å². The van der Waals surface area contributed by atoms with E-state index in [0.29, 0.717) is 26.1 Å². The van der Waals surface area contributed by atoms with Crippen molar-refractivity contribution in [2.24, 2.45) is 0 Å². The van der Waals surface area contributed by atoms with Crippen molar-refractivity contribution in [3.05, 3.63) is 11.6 Å². The molecule has 0 aromatic rings. The van der Waals surface area contributed by atoms with E-state index in [1.165, 1.54) is 31.3 Å². The van der Waals surface area contributed by atoms with E-state index >= 15 is 0 Å². The molecule has 0 spiro atoms. The highest BCUT2D eigenvalue weighted by Gasteiger charge is 2.11. The molecule has 5 heteroatoms. The second kappa shape index (κ2) is 10.4. The molecular weight excluding hydrogens is 278 g/mol. The molecule has 0 heterocycles. The van der Waals surface area contributed by atoms with Crippen molar-refractivity contribution in [3.63, 3.8) is 0 Å². The minimum absolute atomic E-state index is 0.0296. The van der Waals surface area contributed by atoms with Gasteiger partial charge in [-0.2, -0.15) is 0 Å². The molecule has 0 unspecified atom stereocenters. The van der Waals surface area contributed by atoms with Crippen LogP contribution in [0.3, 0.4) is 0 Å². The van der Waals surface area contributed by atoms with Gasteiger partial charge in [-0.1, -0.05) is 11.6 Å². The lowest BCUT2D eigenvalue weighted by Crippen LogP contribution is -2.38. The monoisotopic (exact) mass is 309 g/mol. The average Bonchev–Trinajstić information content (AvgIpc) is 2.47. The predicted octanol–water partition coefficient (Wildman–Crippen LogP) is 1.79. The smallest absolute Gasteiger partial charge is 0.221 e. The van der Waals surface area contributed by atoms with Gasteiger partial charge in [-0.3, -0.25) is 9.59 Å². The molecule has 126 valence electrons. The summed E-state index contributed by atoms with van der Waals surface area (Å²) >= 11 is 0. The average molecular weight is 309 g/mol. The molecule has 0 aromatic heterocycles. The van der Waals surface area contributed by atoms with Crippen LogP contribution in [0.4, 0.5) is 0 Å². The van der Waals surface area contributed by atoms with Crippen LogP contribution in [-0.2, 0) is 9.59 Å². The molecule has 1 aliphatic rings. The third-order valence-corrected chi connectivity index (χ3v) is 4.02. The summed E-state index contributed by atoms with van der Waals surface area (Å²) in [6, 6.07) is 0. The van der Waals surface area contributed by atoms with Crippen LogP contribution in [0, 0.1) is 0 Å². The zero-order chi connectivity index (χ0) is 16.4. The first kappa shape index (κ1) is 18.7. The first-order chi connectivity index (χ1) is 10.5. The lowest BCUT2D eigenvalue weighted by Gasteiger charge is -2.22. The Balaban J connectivity index is 2.19. The summed E-state index contributed by atoms with van der Waals surface area (Å²) in [5.74, 6) is 0.0644. The highest BCUT2D eigenvalue weighted by Crippen LogP contribution is 2.19. The van der Waals surface area contributed by atoms with E-state index in [2.05, 4.69) is 11.4 Å². The Morgan fingerprint density at radius 2 is 1.95 bits per heavy atom. The molecule has 0 saturated carbocycles. The number of nitrogens with zero attached hydrogens (tertiary/aromatic N) is 2. The Labute approximate surface area is 134 Å². The minimum Gasteiger partial charge on any atom is -0.356 e. The molecule has 1 aliphatic carbocycles. The molecule has 5 nitrogen and oxygen atoms in total. The van der Waals surface area contributed by atoms with Crippen molar-refractivity contribution in [1.82, 2.24) is 15.1 Å². The summed E-state index contributed by atoms with van der Waals surface area (Å²) in [5.41, 5.74) is 1.47. The van der Waals surface area contributed by atoms with Gasteiger partial charge in [-0.25, -0.2) is 0 Å². The van der Waals surface area contributed by atoms with Gasteiger partial charge in [-0.05, 0) is 46.2 Å². The SMILES string of the molecule is CC(=O)N(CCC(=O)NCCC1=CCCCC1)CCN(C)C. The van der Waals surface area contributed by atoms with Crippen LogP contribution in [0.15, 0.2) is 11.6 Å². The molecule has 22 heavy (non-hydrogen) atoms. The molecular formula is C17H31N3O2. The lowest BCUT2D eigenvalue weighted by molar-refractivity contribution is -0.129. The Kier molecular flexibility index (Phi) is 8.82. The Hall–Kier alpha value is -1.36. The fourth-order valence-corrected chi connectivity index (χ4v) is 2.57. The Morgan fingerprint density at radius 1 is 1.18 bits per heavy atom. The first-order valence-corrected chi connectivity index (χ1v) is 8.34. The molecule has 1 N–H and O–H groups in total. The van der Waals surface area contributed by atoms with Crippen LogP contribution in [0.5, 0.6) is 0 Å². The van der Waals surface area contributed by atoms with Crippen molar-refractivity contribution in [2.45, 2.75) is 45.4 Å². The molecule has 0 atom stereocenters. The number of rotatable bonds is 9. The van der Waals surface area contributed by atoms with E-state index in [9.17, 15) is 9.59 Å². The number of likely N-dealkylation sites (N-methyl/N-ethyl adjacent to an activating group) is 1. The van der Waals surface area contributed by atoms with E-state index in [1.807, 2.05) is 19.0 Å². The quantitative estimate of drug-likeness (QED) is 0.661. The van der Waals surface area contributed by atoms with Crippen LogP contribution >= 0.6 is 0 Å². The van der Waals surface area contributed by atoms with E-state index in [0.717, 1.165) is 13.0 Å². The van der Waals surface area contributed by atoms with E-state index in [-0.39, 0.29) is 11.8 Å². The number of allylic oxidation sites excluding steroid dienone is 1. The minimum atomic E-state index is 0.0296. The first-order valence-electron chi connectivity index (χ1n) is 8.34. The summed E-state index contributed by atoms with van der Waals surface area (Å²) in [6.45, 7) is 4.25. The maximum atomic E-state index is 11.9. The normalized spacial score (nSPS) is 14.6. The van der Waals surface area contributed by atoms with Gasteiger partial charge in [0.25, 0.3) is 0 Å². The second-order valence-electron chi connectivity index (χ2n) is 6.27. The third kappa shape index (κ3) is 8.17. The van der Waals surface area contributed by atoms with Crippen LogP contribution in [0.1, 0.15) is 45.4 Å². The number of hydrogen-bond donors (Lipinski definition) is 1. The molecule has 0 bridgehead atoms. The predicted molar refractivity (Wildman–Crippen MR) is 89.6 cm³/mol. The van der Waals surface area contributed by atoms with Crippen molar-refractivity contribution >= 4 is 11.8 Å². The molecule has 0 aliphatic heterocycles. The summed E-state index contributed by atoms with van der Waals surface area (Å²) in [7, 11) is 3.95.